The molecule has 0 saturated heterocycles. The highest BCUT2D eigenvalue weighted by molar-refractivity contribution is 5.68. The lowest BCUT2D eigenvalue weighted by atomic mass is 10.1. The molecule has 2 aromatic rings. The normalized spacial score (nSPS) is 11.2. The Balaban J connectivity index is 1.97. The zero-order chi connectivity index (χ0) is 15.1. The number of nitrogens with zero attached hydrogens (tertiary/aromatic N) is 3. The van der Waals surface area contributed by atoms with Crippen molar-refractivity contribution in [2.45, 2.75) is 20.3 Å². The summed E-state index contributed by atoms with van der Waals surface area (Å²) < 4.78 is 0. The van der Waals surface area contributed by atoms with Gasteiger partial charge in [0.25, 0.3) is 0 Å². The summed E-state index contributed by atoms with van der Waals surface area (Å²) in [6.07, 6.45) is 8.59. The average Bonchev–Trinajstić information content (AvgIpc) is 2.52. The van der Waals surface area contributed by atoms with Crippen molar-refractivity contribution in [3.63, 3.8) is 0 Å². The van der Waals surface area contributed by atoms with E-state index < -0.39 is 0 Å². The summed E-state index contributed by atoms with van der Waals surface area (Å²) in [6, 6.07) is 10.5. The molecule has 3 heteroatoms. The molecule has 0 unspecified atom stereocenters. The molecule has 0 amide bonds. The average molecular weight is 281 g/mol. The van der Waals surface area contributed by atoms with Gasteiger partial charge in [-0.25, -0.2) is 9.97 Å². The van der Waals surface area contributed by atoms with Gasteiger partial charge in [0.1, 0.15) is 6.33 Å². The van der Waals surface area contributed by atoms with E-state index in [1.54, 1.807) is 12.5 Å². The Bertz CT molecular complexity index is 559. The first-order valence-electron chi connectivity index (χ1n) is 7.40. The first-order chi connectivity index (χ1) is 10.1. The van der Waals surface area contributed by atoms with Crippen LogP contribution in [0.2, 0.25) is 0 Å². The lowest BCUT2D eigenvalue weighted by Gasteiger charge is -2.20. The molecule has 1 heterocycles. The van der Waals surface area contributed by atoms with E-state index in [4.69, 9.17) is 0 Å². The van der Waals surface area contributed by atoms with E-state index in [1.165, 1.54) is 17.7 Å². The third-order valence-corrected chi connectivity index (χ3v) is 3.43. The molecule has 21 heavy (non-hydrogen) atoms. The van der Waals surface area contributed by atoms with Crippen LogP contribution in [0.3, 0.4) is 0 Å². The van der Waals surface area contributed by atoms with Gasteiger partial charge in [0, 0.05) is 25.5 Å². The van der Waals surface area contributed by atoms with Gasteiger partial charge in [-0.2, -0.15) is 0 Å². The van der Waals surface area contributed by atoms with Gasteiger partial charge in [-0.1, -0.05) is 32.1 Å². The highest BCUT2D eigenvalue weighted by Crippen LogP contribution is 2.16. The monoisotopic (exact) mass is 281 g/mol. The van der Waals surface area contributed by atoms with Crippen LogP contribution in [-0.4, -0.2) is 23.6 Å². The maximum absolute atomic E-state index is 4.17. The predicted molar refractivity (Wildman–Crippen MR) is 90.1 cm³/mol. The van der Waals surface area contributed by atoms with Crippen LogP contribution in [0.5, 0.6) is 0 Å². The molecule has 3 nitrogen and oxygen atoms in total. The van der Waals surface area contributed by atoms with Crippen LogP contribution < -0.4 is 4.90 Å². The molecule has 0 aliphatic rings. The van der Waals surface area contributed by atoms with Crippen LogP contribution >= 0.6 is 0 Å². The molecule has 0 atom stereocenters. The summed E-state index contributed by atoms with van der Waals surface area (Å²) in [7, 11) is 2.15. The van der Waals surface area contributed by atoms with Crippen molar-refractivity contribution in [1.82, 2.24) is 9.97 Å². The van der Waals surface area contributed by atoms with Gasteiger partial charge in [0.2, 0.25) is 0 Å². The van der Waals surface area contributed by atoms with E-state index in [1.807, 2.05) is 12.1 Å². The molecule has 2 rings (SSSR count). The Kier molecular flexibility index (Phi) is 5.50. The predicted octanol–water partition coefficient (Wildman–Crippen LogP) is 4.13. The summed E-state index contributed by atoms with van der Waals surface area (Å²) >= 11 is 0. The molecule has 0 radical (unpaired) electrons. The van der Waals surface area contributed by atoms with Crippen molar-refractivity contribution in [2.24, 2.45) is 5.92 Å². The summed E-state index contributed by atoms with van der Waals surface area (Å²) in [4.78, 5) is 10.4. The van der Waals surface area contributed by atoms with E-state index >= 15 is 0 Å². The Morgan fingerprint density at radius 2 is 1.86 bits per heavy atom. The maximum Gasteiger partial charge on any atom is 0.115 e. The quantitative estimate of drug-likeness (QED) is 0.797. The van der Waals surface area contributed by atoms with E-state index in [9.17, 15) is 0 Å². The van der Waals surface area contributed by atoms with Crippen molar-refractivity contribution >= 4 is 17.8 Å². The Morgan fingerprint density at radius 3 is 2.48 bits per heavy atom. The molecule has 1 aromatic carbocycles. The number of hydrogen-bond acceptors (Lipinski definition) is 3. The van der Waals surface area contributed by atoms with Crippen molar-refractivity contribution in [1.29, 1.82) is 0 Å². The van der Waals surface area contributed by atoms with Gasteiger partial charge in [-0.15, -0.1) is 0 Å². The lowest BCUT2D eigenvalue weighted by Crippen LogP contribution is -2.19. The fourth-order valence-electron chi connectivity index (χ4n) is 2.00. The largest absolute Gasteiger partial charge is 0.375 e. The molecular formula is C18H23N3. The Labute approximate surface area is 127 Å². The van der Waals surface area contributed by atoms with E-state index in [0.717, 1.165) is 18.2 Å². The number of rotatable bonds is 6. The van der Waals surface area contributed by atoms with E-state index in [2.05, 4.69) is 66.1 Å². The number of aromatic nitrogens is 2. The third kappa shape index (κ3) is 5.03. The molecule has 0 N–H and O–H groups in total. The van der Waals surface area contributed by atoms with Crippen LogP contribution in [0.15, 0.2) is 42.9 Å². The van der Waals surface area contributed by atoms with Crippen molar-refractivity contribution in [3.05, 3.63) is 54.1 Å². The fraction of sp³-hybridized carbons (Fsp3) is 0.333. The summed E-state index contributed by atoms with van der Waals surface area (Å²) in [5.41, 5.74) is 3.35. The van der Waals surface area contributed by atoms with Crippen LogP contribution in [0.1, 0.15) is 31.5 Å². The number of hydrogen-bond donors (Lipinski definition) is 0. The van der Waals surface area contributed by atoms with Crippen molar-refractivity contribution < 1.29 is 0 Å². The Morgan fingerprint density at radius 1 is 1.10 bits per heavy atom. The standard InChI is InChI=1S/C18H23N3/c1-15(2)11-13-21(3)18-8-5-16(6-9-18)4-7-17-10-12-19-14-20-17/h4-10,12,14-15H,11,13H2,1-3H3/b7-4+. The van der Waals surface area contributed by atoms with Gasteiger partial charge >= 0.3 is 0 Å². The third-order valence-electron chi connectivity index (χ3n) is 3.43. The molecule has 110 valence electrons. The van der Waals surface area contributed by atoms with Crippen LogP contribution in [0.4, 0.5) is 5.69 Å². The first-order valence-corrected chi connectivity index (χ1v) is 7.40. The summed E-state index contributed by atoms with van der Waals surface area (Å²) in [5, 5.41) is 0. The van der Waals surface area contributed by atoms with Crippen molar-refractivity contribution in [2.75, 3.05) is 18.5 Å². The molecule has 0 aliphatic carbocycles. The van der Waals surface area contributed by atoms with Gasteiger partial charge in [0.15, 0.2) is 0 Å². The lowest BCUT2D eigenvalue weighted by molar-refractivity contribution is 0.585. The van der Waals surface area contributed by atoms with Gasteiger partial charge in [-0.3, -0.25) is 0 Å². The van der Waals surface area contributed by atoms with Gasteiger partial charge in [0.05, 0.1) is 5.69 Å². The maximum atomic E-state index is 4.17. The smallest absolute Gasteiger partial charge is 0.115 e. The zero-order valence-electron chi connectivity index (χ0n) is 13.0. The van der Waals surface area contributed by atoms with Crippen LogP contribution in [0, 0.1) is 5.92 Å². The Hall–Kier alpha value is -2.16. The second-order valence-corrected chi connectivity index (χ2v) is 5.66. The minimum atomic E-state index is 0.738. The summed E-state index contributed by atoms with van der Waals surface area (Å²) in [6.45, 7) is 5.61. The SMILES string of the molecule is CC(C)CCN(C)c1ccc(/C=C/c2ccncn2)cc1. The minimum absolute atomic E-state index is 0.738. The number of anilines is 1. The zero-order valence-corrected chi connectivity index (χ0v) is 13.0. The molecule has 0 fully saturated rings. The molecule has 1 aromatic heterocycles. The molecular weight excluding hydrogens is 258 g/mol. The second-order valence-electron chi connectivity index (χ2n) is 5.66. The second kappa shape index (κ2) is 7.58. The number of benzene rings is 1. The van der Waals surface area contributed by atoms with E-state index in [-0.39, 0.29) is 0 Å². The summed E-state index contributed by atoms with van der Waals surface area (Å²) in [5.74, 6) is 0.738. The van der Waals surface area contributed by atoms with Gasteiger partial charge in [-0.05, 0) is 42.2 Å². The minimum Gasteiger partial charge on any atom is -0.375 e. The highest BCUT2D eigenvalue weighted by Gasteiger charge is 2.01. The molecule has 0 aliphatic heterocycles. The van der Waals surface area contributed by atoms with Crippen LogP contribution in [0.25, 0.3) is 12.2 Å². The highest BCUT2D eigenvalue weighted by atomic mass is 15.1. The van der Waals surface area contributed by atoms with Crippen molar-refractivity contribution in [3.8, 4) is 0 Å². The molecule has 0 saturated carbocycles. The van der Waals surface area contributed by atoms with Gasteiger partial charge < -0.3 is 4.90 Å². The van der Waals surface area contributed by atoms with Crippen LogP contribution in [-0.2, 0) is 0 Å². The fourth-order valence-corrected chi connectivity index (χ4v) is 2.00. The molecule has 0 bridgehead atoms. The topological polar surface area (TPSA) is 29.0 Å². The van der Waals surface area contributed by atoms with E-state index in [0.29, 0.717) is 0 Å². The first kappa shape index (κ1) is 15.2. The molecule has 0 spiro atoms.